The maximum Gasteiger partial charge on any atom is 0.433 e. The van der Waals surface area contributed by atoms with Gasteiger partial charge in [0.05, 0.1) is 47.8 Å². The molecule has 42 heavy (non-hydrogen) atoms. The van der Waals surface area contributed by atoms with E-state index in [1.54, 1.807) is 17.6 Å². The molecule has 1 atom stereocenters. The number of furan rings is 1. The molecule has 0 aliphatic carbocycles. The Morgan fingerprint density at radius 1 is 1.17 bits per heavy atom. The maximum absolute atomic E-state index is 13.0. The summed E-state index contributed by atoms with van der Waals surface area (Å²) >= 11 is 0. The number of fused-ring (bicyclic) bond motifs is 5. The van der Waals surface area contributed by atoms with E-state index in [1.165, 1.54) is 18.3 Å². The van der Waals surface area contributed by atoms with Gasteiger partial charge in [0, 0.05) is 16.5 Å². The van der Waals surface area contributed by atoms with Gasteiger partial charge in [0.1, 0.15) is 18.1 Å². The lowest BCUT2D eigenvalue weighted by atomic mass is 9.86. The van der Waals surface area contributed by atoms with Crippen LogP contribution in [0, 0.1) is 10.1 Å². The number of aromatic nitrogens is 2. The molecular weight excluding hydrogens is 550 g/mol. The molecule has 4 aromatic rings. The van der Waals surface area contributed by atoms with Crippen LogP contribution in [-0.4, -0.2) is 56.0 Å². The molecule has 14 heteroatoms. The van der Waals surface area contributed by atoms with E-state index in [2.05, 4.69) is 9.84 Å². The lowest BCUT2D eigenvalue weighted by Crippen LogP contribution is -2.44. The minimum absolute atomic E-state index is 0.110. The van der Waals surface area contributed by atoms with Crippen molar-refractivity contribution in [3.8, 4) is 11.4 Å². The number of para-hydroxylation sites is 1. The molecule has 0 saturated carbocycles. The van der Waals surface area contributed by atoms with Gasteiger partial charge in [0.2, 0.25) is 0 Å². The summed E-state index contributed by atoms with van der Waals surface area (Å²) < 4.78 is 16.2. The fraction of sp³-hybridized carbons (Fsp3) is 0.250. The molecule has 7 rings (SSSR count). The summed E-state index contributed by atoms with van der Waals surface area (Å²) in [7, 11) is 0. The summed E-state index contributed by atoms with van der Waals surface area (Å²) in [6.45, 7) is 2.65. The number of nitro groups is 1. The summed E-state index contributed by atoms with van der Waals surface area (Å²) in [6.07, 6.45) is 0.816. The monoisotopic (exact) mass is 573 g/mol. The number of hydrazone groups is 1. The number of hydrogen-bond donors (Lipinski definition) is 1. The summed E-state index contributed by atoms with van der Waals surface area (Å²) in [6, 6.07) is 14.2. The molecule has 0 bridgehead atoms. The third-order valence-electron chi connectivity index (χ3n) is 7.27. The number of aliphatic hydroxyl groups is 1. The number of benzene rings is 1. The number of nitrogens with zero attached hydrogens (tertiary/aromatic N) is 5. The number of carbonyl (C=O) groups excluding carboxylic acids is 2. The van der Waals surface area contributed by atoms with Crippen molar-refractivity contribution in [3.05, 3.63) is 91.4 Å². The van der Waals surface area contributed by atoms with Crippen LogP contribution in [0.2, 0.25) is 0 Å². The van der Waals surface area contributed by atoms with Gasteiger partial charge in [-0.15, -0.1) is 0 Å². The molecule has 6 heterocycles. The van der Waals surface area contributed by atoms with Crippen LogP contribution < -0.4 is 5.56 Å². The number of amides is 1. The highest BCUT2D eigenvalue weighted by atomic mass is 16.6. The Bertz CT molecular complexity index is 1860. The minimum Gasteiger partial charge on any atom is -0.458 e. The zero-order valence-corrected chi connectivity index (χ0v) is 22.2. The van der Waals surface area contributed by atoms with Crippen molar-refractivity contribution >= 4 is 35.1 Å². The molecule has 1 amide bonds. The predicted octanol–water partition coefficient (Wildman–Crippen LogP) is 3.05. The summed E-state index contributed by atoms with van der Waals surface area (Å²) in [5.41, 5.74) is 1.81. The zero-order chi connectivity index (χ0) is 29.6. The summed E-state index contributed by atoms with van der Waals surface area (Å²) in [5.74, 6) is -0.876. The van der Waals surface area contributed by atoms with Crippen molar-refractivity contribution < 1.29 is 33.5 Å². The van der Waals surface area contributed by atoms with Crippen LogP contribution in [0.4, 0.5) is 10.7 Å². The standard InChI is InChI=1S/C20H16N2O4.C8H7N3O5/c1-2-20(25)14-8-16-17-12(7-11-5-3-4-6-15(11)21-17)9-22(16)18(23)13(14)10-26-19(20)24;12-8-10(3-4-15-8)9-5-6-1-2-7(16-6)11(13)14/h3-8,25H,2,9-10H2,1H3;1-2,5H,3-4H2. The number of carbonyl (C=O) groups is 2. The molecule has 3 aromatic heterocycles. The second-order valence-electron chi connectivity index (χ2n) is 9.71. The van der Waals surface area contributed by atoms with Gasteiger partial charge in [-0.1, -0.05) is 25.1 Å². The van der Waals surface area contributed by atoms with Crippen molar-refractivity contribution in [1.82, 2.24) is 14.6 Å². The van der Waals surface area contributed by atoms with Crippen LogP contribution in [0.3, 0.4) is 0 Å². The van der Waals surface area contributed by atoms with Gasteiger partial charge in [0.15, 0.2) is 11.4 Å². The number of hydrogen-bond acceptors (Lipinski definition) is 11. The normalized spacial score (nSPS) is 18.7. The lowest BCUT2D eigenvalue weighted by molar-refractivity contribution is -0.402. The lowest BCUT2D eigenvalue weighted by Gasteiger charge is -2.31. The third kappa shape index (κ3) is 4.47. The average molecular weight is 574 g/mol. The fourth-order valence-corrected chi connectivity index (χ4v) is 5.05. The van der Waals surface area contributed by atoms with Crippen molar-refractivity contribution in [2.24, 2.45) is 5.10 Å². The highest BCUT2D eigenvalue weighted by molar-refractivity contribution is 5.86. The SMILES string of the molecule is CCC1(O)C(=O)OCc2c1cc1n(c2=O)Cc2cc3ccccc3nc2-1.O=C1OCCN1N=Cc1ccc([N+](=O)[O-])o1. The highest BCUT2D eigenvalue weighted by Gasteiger charge is 2.45. The number of ether oxygens (including phenoxy) is 2. The molecule has 1 saturated heterocycles. The minimum atomic E-state index is -1.79. The van der Waals surface area contributed by atoms with Crippen molar-refractivity contribution in [2.75, 3.05) is 13.2 Å². The number of esters is 1. The molecule has 214 valence electrons. The molecule has 1 aromatic carbocycles. The van der Waals surface area contributed by atoms with Crippen LogP contribution in [-0.2, 0) is 33.0 Å². The van der Waals surface area contributed by atoms with E-state index in [9.17, 15) is 29.6 Å². The Balaban J connectivity index is 0.000000170. The summed E-state index contributed by atoms with van der Waals surface area (Å²) in [5, 5.41) is 27.0. The first kappa shape index (κ1) is 26.8. The molecule has 1 fully saturated rings. The maximum atomic E-state index is 13.0. The van der Waals surface area contributed by atoms with Gasteiger partial charge in [-0.3, -0.25) is 14.9 Å². The van der Waals surface area contributed by atoms with E-state index < -0.39 is 22.6 Å². The molecule has 3 aliphatic heterocycles. The Hall–Kier alpha value is -5.37. The Kier molecular flexibility index (Phi) is 6.54. The summed E-state index contributed by atoms with van der Waals surface area (Å²) in [4.78, 5) is 50.5. The second kappa shape index (κ2) is 10.2. The number of cyclic esters (lactones) is 2. The van der Waals surface area contributed by atoms with E-state index in [1.807, 2.05) is 30.3 Å². The largest absolute Gasteiger partial charge is 0.458 e. The fourth-order valence-electron chi connectivity index (χ4n) is 5.05. The Morgan fingerprint density at radius 2 is 1.98 bits per heavy atom. The topological polar surface area (TPSA) is 180 Å². The molecule has 1 N–H and O–H groups in total. The van der Waals surface area contributed by atoms with Crippen LogP contribution in [0.1, 0.15) is 35.8 Å². The molecular formula is C28H23N5O9. The van der Waals surface area contributed by atoms with E-state index in [0.29, 0.717) is 29.9 Å². The average Bonchev–Trinajstić information content (AvgIpc) is 3.72. The highest BCUT2D eigenvalue weighted by Crippen LogP contribution is 2.38. The van der Waals surface area contributed by atoms with E-state index in [4.69, 9.17) is 14.1 Å². The smallest absolute Gasteiger partial charge is 0.433 e. The van der Waals surface area contributed by atoms with Gasteiger partial charge in [-0.25, -0.2) is 14.6 Å². The van der Waals surface area contributed by atoms with Crippen LogP contribution in [0.5, 0.6) is 0 Å². The van der Waals surface area contributed by atoms with Crippen molar-refractivity contribution in [1.29, 1.82) is 0 Å². The van der Waals surface area contributed by atoms with Gasteiger partial charge in [0.25, 0.3) is 5.56 Å². The quantitative estimate of drug-likeness (QED) is 0.145. The first-order valence-electron chi connectivity index (χ1n) is 13.0. The molecule has 3 aliphatic rings. The Morgan fingerprint density at radius 3 is 2.69 bits per heavy atom. The predicted molar refractivity (Wildman–Crippen MR) is 146 cm³/mol. The second-order valence-corrected chi connectivity index (χ2v) is 9.71. The van der Waals surface area contributed by atoms with Crippen molar-refractivity contribution in [2.45, 2.75) is 32.1 Å². The van der Waals surface area contributed by atoms with Crippen LogP contribution in [0.25, 0.3) is 22.3 Å². The third-order valence-corrected chi connectivity index (χ3v) is 7.27. The van der Waals surface area contributed by atoms with E-state index in [-0.39, 0.29) is 36.8 Å². The number of pyridine rings is 2. The van der Waals surface area contributed by atoms with Crippen LogP contribution >= 0.6 is 0 Å². The molecule has 1 unspecified atom stereocenters. The van der Waals surface area contributed by atoms with Gasteiger partial charge in [-0.05, 0) is 30.7 Å². The van der Waals surface area contributed by atoms with Gasteiger partial charge >= 0.3 is 17.9 Å². The van der Waals surface area contributed by atoms with Crippen molar-refractivity contribution in [3.63, 3.8) is 0 Å². The van der Waals surface area contributed by atoms with E-state index in [0.717, 1.165) is 27.2 Å². The van der Waals surface area contributed by atoms with Gasteiger partial charge < -0.3 is 23.6 Å². The molecule has 0 spiro atoms. The Labute approximate surface area is 236 Å². The van der Waals surface area contributed by atoms with Crippen LogP contribution in [0.15, 0.2) is 62.8 Å². The first-order valence-corrected chi connectivity index (χ1v) is 13.0. The molecule has 14 nitrogen and oxygen atoms in total. The number of rotatable bonds is 4. The molecule has 0 radical (unpaired) electrons. The van der Waals surface area contributed by atoms with E-state index >= 15 is 0 Å². The first-order chi connectivity index (χ1) is 20.2. The van der Waals surface area contributed by atoms with Gasteiger partial charge in [-0.2, -0.15) is 10.1 Å². The zero-order valence-electron chi connectivity index (χ0n) is 22.2.